The molecule has 1 aromatic carbocycles. The van der Waals surface area contributed by atoms with Crippen LogP contribution < -0.4 is 16.4 Å². The van der Waals surface area contributed by atoms with Crippen LogP contribution in [-0.4, -0.2) is 30.0 Å². The van der Waals surface area contributed by atoms with Gasteiger partial charge in [0.05, 0.1) is 4.92 Å². The average molecular weight is 278 g/mol. The molecule has 1 aromatic rings. The summed E-state index contributed by atoms with van der Waals surface area (Å²) in [5, 5.41) is 11.1. The van der Waals surface area contributed by atoms with Crippen molar-refractivity contribution in [2.24, 2.45) is 17.4 Å². The van der Waals surface area contributed by atoms with Crippen molar-refractivity contribution >= 4 is 17.3 Å². The summed E-state index contributed by atoms with van der Waals surface area (Å²) in [6.45, 7) is 3.28. The second-order valence-electron chi connectivity index (χ2n) is 5.20. The van der Waals surface area contributed by atoms with E-state index in [1.54, 1.807) is 0 Å². The van der Waals surface area contributed by atoms with Gasteiger partial charge in [-0.2, -0.15) is 0 Å². The van der Waals surface area contributed by atoms with Gasteiger partial charge in [0.1, 0.15) is 5.69 Å². The Morgan fingerprint density at radius 2 is 2.20 bits per heavy atom. The van der Waals surface area contributed by atoms with Crippen LogP contribution in [0.3, 0.4) is 0 Å². The number of benzene rings is 1. The van der Waals surface area contributed by atoms with Crippen molar-refractivity contribution in [3.63, 3.8) is 0 Å². The van der Waals surface area contributed by atoms with Crippen LogP contribution in [0.5, 0.6) is 0 Å². The molecule has 2 unspecified atom stereocenters. The number of anilines is 1. The number of hydrogen-bond donors (Lipinski definition) is 2. The van der Waals surface area contributed by atoms with Crippen LogP contribution in [0, 0.1) is 16.0 Å². The molecule has 0 aromatic heterocycles. The number of nitrogens with zero attached hydrogens (tertiary/aromatic N) is 2. The van der Waals surface area contributed by atoms with E-state index < -0.39 is 10.8 Å². The third kappa shape index (κ3) is 2.72. The van der Waals surface area contributed by atoms with Gasteiger partial charge in [-0.15, -0.1) is 0 Å². The highest BCUT2D eigenvalue weighted by Crippen LogP contribution is 2.32. The molecular weight excluding hydrogens is 260 g/mol. The van der Waals surface area contributed by atoms with Crippen LogP contribution in [0.15, 0.2) is 18.2 Å². The third-order valence-corrected chi connectivity index (χ3v) is 3.81. The molecule has 0 spiro atoms. The van der Waals surface area contributed by atoms with Gasteiger partial charge in [0.15, 0.2) is 0 Å². The van der Waals surface area contributed by atoms with E-state index in [0.29, 0.717) is 24.7 Å². The molecule has 1 amide bonds. The number of nitrogens with two attached hydrogens (primary N) is 2. The van der Waals surface area contributed by atoms with Crippen molar-refractivity contribution in [1.29, 1.82) is 0 Å². The Balaban J connectivity index is 2.39. The molecule has 7 nitrogen and oxygen atoms in total. The first-order chi connectivity index (χ1) is 9.40. The average Bonchev–Trinajstić information content (AvgIpc) is 2.41. The molecule has 0 bridgehead atoms. The zero-order chi connectivity index (χ0) is 14.9. The van der Waals surface area contributed by atoms with Crippen LogP contribution in [0.2, 0.25) is 0 Å². The number of nitro benzene ring substituents is 1. The lowest BCUT2D eigenvalue weighted by Gasteiger charge is -2.36. The molecule has 1 aliphatic rings. The monoisotopic (exact) mass is 278 g/mol. The van der Waals surface area contributed by atoms with Gasteiger partial charge in [0.25, 0.3) is 5.69 Å². The SMILES string of the molecule is CC1CCN(c2cc(C(N)=O)ccc2[N+](=O)[O-])CC1N. The van der Waals surface area contributed by atoms with E-state index in [4.69, 9.17) is 11.5 Å². The Bertz CT molecular complexity index is 546. The van der Waals surface area contributed by atoms with Crippen molar-refractivity contribution in [3.8, 4) is 0 Å². The Kier molecular flexibility index (Phi) is 3.89. The predicted molar refractivity (Wildman–Crippen MR) is 75.6 cm³/mol. The highest BCUT2D eigenvalue weighted by molar-refractivity contribution is 5.94. The van der Waals surface area contributed by atoms with E-state index in [1.165, 1.54) is 18.2 Å². The maximum atomic E-state index is 11.2. The molecule has 2 rings (SSSR count). The van der Waals surface area contributed by atoms with Gasteiger partial charge in [-0.1, -0.05) is 6.92 Å². The number of primary amides is 1. The fourth-order valence-electron chi connectivity index (χ4n) is 2.40. The summed E-state index contributed by atoms with van der Waals surface area (Å²) in [5.74, 6) is -0.222. The molecule has 1 aliphatic heterocycles. The van der Waals surface area contributed by atoms with Crippen LogP contribution >= 0.6 is 0 Å². The van der Waals surface area contributed by atoms with E-state index in [2.05, 4.69) is 6.92 Å². The number of rotatable bonds is 3. The van der Waals surface area contributed by atoms with Gasteiger partial charge in [-0.3, -0.25) is 14.9 Å². The molecule has 0 saturated carbocycles. The summed E-state index contributed by atoms with van der Waals surface area (Å²) >= 11 is 0. The molecule has 4 N–H and O–H groups in total. The minimum Gasteiger partial charge on any atom is -0.366 e. The number of nitro groups is 1. The molecule has 1 fully saturated rings. The lowest BCUT2D eigenvalue weighted by molar-refractivity contribution is -0.384. The molecule has 20 heavy (non-hydrogen) atoms. The van der Waals surface area contributed by atoms with Gasteiger partial charge in [-0.25, -0.2) is 0 Å². The number of carbonyl (C=O) groups excluding carboxylic acids is 1. The summed E-state index contributed by atoms with van der Waals surface area (Å²) < 4.78 is 0. The first kappa shape index (κ1) is 14.3. The number of carbonyl (C=O) groups is 1. The molecule has 1 saturated heterocycles. The first-order valence-corrected chi connectivity index (χ1v) is 6.49. The second-order valence-corrected chi connectivity index (χ2v) is 5.20. The van der Waals surface area contributed by atoms with Crippen LogP contribution in [0.25, 0.3) is 0 Å². The quantitative estimate of drug-likeness (QED) is 0.628. The summed E-state index contributed by atoms with van der Waals surface area (Å²) in [6.07, 6.45) is 0.860. The molecule has 108 valence electrons. The maximum absolute atomic E-state index is 11.2. The van der Waals surface area contributed by atoms with Crippen LogP contribution in [-0.2, 0) is 0 Å². The van der Waals surface area contributed by atoms with Gasteiger partial charge >= 0.3 is 0 Å². The fourth-order valence-corrected chi connectivity index (χ4v) is 2.40. The second kappa shape index (κ2) is 5.46. The Hall–Kier alpha value is -2.15. The van der Waals surface area contributed by atoms with E-state index >= 15 is 0 Å². The summed E-state index contributed by atoms with van der Waals surface area (Å²) in [5.41, 5.74) is 11.9. The van der Waals surface area contributed by atoms with Crippen LogP contribution in [0.4, 0.5) is 11.4 Å². The molecule has 2 atom stereocenters. The van der Waals surface area contributed by atoms with Crippen molar-refractivity contribution in [2.75, 3.05) is 18.0 Å². The lowest BCUT2D eigenvalue weighted by atomic mass is 9.93. The molecular formula is C13H18N4O3. The number of hydrogen-bond acceptors (Lipinski definition) is 5. The van der Waals surface area contributed by atoms with Crippen LogP contribution in [0.1, 0.15) is 23.7 Å². The normalized spacial score (nSPS) is 22.6. The number of piperidine rings is 1. The topological polar surface area (TPSA) is 115 Å². The smallest absolute Gasteiger partial charge is 0.292 e. The van der Waals surface area contributed by atoms with E-state index in [0.717, 1.165) is 6.42 Å². The highest BCUT2D eigenvalue weighted by atomic mass is 16.6. The predicted octanol–water partition coefficient (Wildman–Crippen LogP) is 0.867. The summed E-state index contributed by atoms with van der Waals surface area (Å²) in [4.78, 5) is 23.8. The maximum Gasteiger partial charge on any atom is 0.292 e. The fraction of sp³-hybridized carbons (Fsp3) is 0.462. The lowest BCUT2D eigenvalue weighted by Crippen LogP contribution is -2.47. The summed E-state index contributed by atoms with van der Waals surface area (Å²) in [7, 11) is 0. The Morgan fingerprint density at radius 1 is 1.50 bits per heavy atom. The van der Waals surface area contributed by atoms with E-state index in [-0.39, 0.29) is 17.3 Å². The molecule has 0 radical (unpaired) electrons. The zero-order valence-corrected chi connectivity index (χ0v) is 11.3. The molecule has 1 heterocycles. The van der Waals surface area contributed by atoms with E-state index in [9.17, 15) is 14.9 Å². The number of amides is 1. The van der Waals surface area contributed by atoms with Crippen molar-refractivity contribution in [3.05, 3.63) is 33.9 Å². The largest absolute Gasteiger partial charge is 0.366 e. The van der Waals surface area contributed by atoms with Crippen molar-refractivity contribution in [2.45, 2.75) is 19.4 Å². The van der Waals surface area contributed by atoms with E-state index in [1.807, 2.05) is 4.90 Å². The zero-order valence-electron chi connectivity index (χ0n) is 11.3. The Labute approximate surface area is 116 Å². The molecule has 7 heteroatoms. The first-order valence-electron chi connectivity index (χ1n) is 6.49. The van der Waals surface area contributed by atoms with Gasteiger partial charge in [0.2, 0.25) is 5.91 Å². The Morgan fingerprint density at radius 3 is 2.75 bits per heavy atom. The minimum absolute atomic E-state index is 0.0308. The third-order valence-electron chi connectivity index (χ3n) is 3.81. The summed E-state index contributed by atoms with van der Waals surface area (Å²) in [6, 6.07) is 4.12. The van der Waals surface area contributed by atoms with Gasteiger partial charge in [-0.05, 0) is 24.5 Å². The van der Waals surface area contributed by atoms with Crippen molar-refractivity contribution in [1.82, 2.24) is 0 Å². The minimum atomic E-state index is -0.601. The molecule has 0 aliphatic carbocycles. The van der Waals surface area contributed by atoms with Gasteiger partial charge in [0, 0.05) is 30.8 Å². The standard InChI is InChI=1S/C13H18N4O3/c1-8-4-5-16(7-10(8)14)12-6-9(13(15)18)2-3-11(12)17(19)20/h2-3,6,8,10H,4-5,7,14H2,1H3,(H2,15,18). The highest BCUT2D eigenvalue weighted by Gasteiger charge is 2.28. The van der Waals surface area contributed by atoms with Crippen molar-refractivity contribution < 1.29 is 9.72 Å². The van der Waals surface area contributed by atoms with Gasteiger partial charge < -0.3 is 16.4 Å².